The lowest BCUT2D eigenvalue weighted by atomic mass is 10.3. The number of carbonyl (C=O) groups is 1. The van der Waals surface area contributed by atoms with Crippen molar-refractivity contribution in [1.29, 1.82) is 0 Å². The Bertz CT molecular complexity index is 408. The zero-order valence-electron chi connectivity index (χ0n) is 10.1. The summed E-state index contributed by atoms with van der Waals surface area (Å²) in [6.07, 6.45) is 2.11. The van der Waals surface area contributed by atoms with E-state index < -0.39 is 0 Å². The maximum atomic E-state index is 11.8. The first-order valence-electron chi connectivity index (χ1n) is 5.96. The predicted molar refractivity (Wildman–Crippen MR) is 69.8 cm³/mol. The van der Waals surface area contributed by atoms with Gasteiger partial charge < -0.3 is 15.0 Å². The molecule has 0 aliphatic carbocycles. The van der Waals surface area contributed by atoms with E-state index in [1.165, 1.54) is 0 Å². The summed E-state index contributed by atoms with van der Waals surface area (Å²) in [5.41, 5.74) is 0.879. The van der Waals surface area contributed by atoms with Crippen LogP contribution in [0.3, 0.4) is 0 Å². The highest BCUT2D eigenvalue weighted by Crippen LogP contribution is 2.11. The molecule has 0 bridgehead atoms. The number of ether oxygens (including phenoxy) is 1. The number of morpholine rings is 1. The van der Waals surface area contributed by atoms with Crippen LogP contribution in [0.25, 0.3) is 0 Å². The van der Waals surface area contributed by atoms with Gasteiger partial charge in [-0.1, -0.05) is 11.6 Å². The average Bonchev–Trinajstić information content (AvgIpc) is 2.40. The van der Waals surface area contributed by atoms with Crippen molar-refractivity contribution in [3.05, 3.63) is 23.5 Å². The zero-order valence-corrected chi connectivity index (χ0v) is 10.8. The molecule has 0 atom stereocenters. The van der Waals surface area contributed by atoms with Crippen LogP contribution in [0.1, 0.15) is 6.42 Å². The highest BCUT2D eigenvalue weighted by molar-refractivity contribution is 6.29. The minimum atomic E-state index is 0.158. The number of amides is 1. The maximum Gasteiger partial charge on any atom is 0.224 e. The van der Waals surface area contributed by atoms with Gasteiger partial charge in [0.15, 0.2) is 0 Å². The van der Waals surface area contributed by atoms with Crippen LogP contribution in [0.5, 0.6) is 0 Å². The molecule has 0 spiro atoms. The zero-order chi connectivity index (χ0) is 12.8. The highest BCUT2D eigenvalue weighted by atomic mass is 35.5. The van der Waals surface area contributed by atoms with Crippen molar-refractivity contribution in [2.45, 2.75) is 6.42 Å². The van der Waals surface area contributed by atoms with Crippen molar-refractivity contribution >= 4 is 23.2 Å². The van der Waals surface area contributed by atoms with Gasteiger partial charge in [-0.3, -0.25) is 4.79 Å². The first-order chi connectivity index (χ1) is 8.75. The van der Waals surface area contributed by atoms with Crippen molar-refractivity contribution in [1.82, 2.24) is 9.88 Å². The van der Waals surface area contributed by atoms with Crippen molar-refractivity contribution in [3.8, 4) is 0 Å². The van der Waals surface area contributed by atoms with Crippen LogP contribution in [0, 0.1) is 0 Å². The van der Waals surface area contributed by atoms with E-state index in [0.29, 0.717) is 44.4 Å². The Labute approximate surface area is 111 Å². The fraction of sp³-hybridized carbons (Fsp3) is 0.500. The summed E-state index contributed by atoms with van der Waals surface area (Å²) in [7, 11) is 0. The standard InChI is InChI=1S/C12H16ClN3O2/c13-11-9-10(1-3-15-11)14-4-2-12(17)16-5-7-18-8-6-16/h1,3,9H,2,4-8H2,(H,14,15). The minimum absolute atomic E-state index is 0.158. The third kappa shape index (κ3) is 3.85. The molecular formula is C12H16ClN3O2. The lowest BCUT2D eigenvalue weighted by Crippen LogP contribution is -2.41. The summed E-state index contributed by atoms with van der Waals surface area (Å²) in [5.74, 6) is 0.158. The molecule has 1 aliphatic heterocycles. The second-order valence-electron chi connectivity index (χ2n) is 4.04. The molecule has 18 heavy (non-hydrogen) atoms. The van der Waals surface area contributed by atoms with E-state index in [-0.39, 0.29) is 5.91 Å². The van der Waals surface area contributed by atoms with Crippen LogP contribution >= 0.6 is 11.6 Å². The molecule has 1 N–H and O–H groups in total. The molecule has 5 nitrogen and oxygen atoms in total. The number of hydrogen-bond donors (Lipinski definition) is 1. The number of carbonyl (C=O) groups excluding carboxylic acids is 1. The summed E-state index contributed by atoms with van der Waals surface area (Å²) < 4.78 is 5.21. The van der Waals surface area contributed by atoms with Crippen molar-refractivity contribution in [3.63, 3.8) is 0 Å². The van der Waals surface area contributed by atoms with Crippen LogP contribution in [0.4, 0.5) is 5.69 Å². The quantitative estimate of drug-likeness (QED) is 0.840. The van der Waals surface area contributed by atoms with Gasteiger partial charge in [-0.15, -0.1) is 0 Å². The van der Waals surface area contributed by atoms with Crippen molar-refractivity contribution < 1.29 is 9.53 Å². The highest BCUT2D eigenvalue weighted by Gasteiger charge is 2.15. The van der Waals surface area contributed by atoms with Crippen LogP contribution in [-0.2, 0) is 9.53 Å². The molecule has 0 unspecified atom stereocenters. The topological polar surface area (TPSA) is 54.5 Å². The number of anilines is 1. The lowest BCUT2D eigenvalue weighted by molar-refractivity contribution is -0.134. The van der Waals surface area contributed by atoms with Gasteiger partial charge in [0, 0.05) is 37.9 Å². The van der Waals surface area contributed by atoms with E-state index in [4.69, 9.17) is 16.3 Å². The molecule has 0 aromatic carbocycles. The summed E-state index contributed by atoms with van der Waals surface area (Å²) >= 11 is 5.77. The Kier molecular flexibility index (Phi) is 4.78. The Morgan fingerprint density at radius 2 is 2.28 bits per heavy atom. The Hall–Kier alpha value is -1.33. The third-order valence-corrected chi connectivity index (χ3v) is 2.97. The van der Waals surface area contributed by atoms with Gasteiger partial charge in [-0.2, -0.15) is 0 Å². The molecule has 1 aromatic rings. The van der Waals surface area contributed by atoms with E-state index >= 15 is 0 Å². The van der Waals surface area contributed by atoms with Gasteiger partial charge in [-0.25, -0.2) is 4.98 Å². The average molecular weight is 270 g/mol. The predicted octanol–water partition coefficient (Wildman–Crippen LogP) is 1.40. The van der Waals surface area contributed by atoms with Gasteiger partial charge in [-0.05, 0) is 12.1 Å². The van der Waals surface area contributed by atoms with Crippen LogP contribution in [-0.4, -0.2) is 48.6 Å². The van der Waals surface area contributed by atoms with E-state index in [1.54, 1.807) is 12.3 Å². The molecule has 2 rings (SSSR count). The molecular weight excluding hydrogens is 254 g/mol. The molecule has 0 radical (unpaired) electrons. The fourth-order valence-electron chi connectivity index (χ4n) is 1.80. The van der Waals surface area contributed by atoms with Crippen molar-refractivity contribution in [2.75, 3.05) is 38.2 Å². The molecule has 1 aliphatic rings. The van der Waals surface area contributed by atoms with E-state index in [2.05, 4.69) is 10.3 Å². The number of hydrogen-bond acceptors (Lipinski definition) is 4. The normalized spacial score (nSPS) is 15.5. The summed E-state index contributed by atoms with van der Waals surface area (Å²) in [5, 5.41) is 3.60. The number of nitrogens with one attached hydrogen (secondary N) is 1. The van der Waals surface area contributed by atoms with E-state index in [1.807, 2.05) is 11.0 Å². The van der Waals surface area contributed by atoms with Gasteiger partial charge >= 0.3 is 0 Å². The number of halogens is 1. The van der Waals surface area contributed by atoms with Crippen LogP contribution in [0.15, 0.2) is 18.3 Å². The van der Waals surface area contributed by atoms with Crippen LogP contribution in [0.2, 0.25) is 5.15 Å². The van der Waals surface area contributed by atoms with Gasteiger partial charge in [0.1, 0.15) is 5.15 Å². The smallest absolute Gasteiger partial charge is 0.224 e. The minimum Gasteiger partial charge on any atom is -0.384 e. The molecule has 0 saturated carbocycles. The molecule has 1 saturated heterocycles. The SMILES string of the molecule is O=C(CCNc1ccnc(Cl)c1)N1CCOCC1. The largest absolute Gasteiger partial charge is 0.384 e. The number of rotatable bonds is 4. The Balaban J connectivity index is 1.73. The third-order valence-electron chi connectivity index (χ3n) is 2.76. The second-order valence-corrected chi connectivity index (χ2v) is 4.42. The first-order valence-corrected chi connectivity index (χ1v) is 6.34. The Morgan fingerprint density at radius 3 is 3.00 bits per heavy atom. The lowest BCUT2D eigenvalue weighted by Gasteiger charge is -2.26. The van der Waals surface area contributed by atoms with Gasteiger partial charge in [0.05, 0.1) is 13.2 Å². The number of nitrogens with zero attached hydrogens (tertiary/aromatic N) is 2. The monoisotopic (exact) mass is 269 g/mol. The van der Waals surface area contributed by atoms with Gasteiger partial charge in [0.2, 0.25) is 5.91 Å². The van der Waals surface area contributed by atoms with E-state index in [9.17, 15) is 4.79 Å². The van der Waals surface area contributed by atoms with E-state index in [0.717, 1.165) is 5.69 Å². The second kappa shape index (κ2) is 6.56. The summed E-state index contributed by atoms with van der Waals surface area (Å²) in [4.78, 5) is 17.6. The molecule has 98 valence electrons. The number of aromatic nitrogens is 1. The summed E-state index contributed by atoms with van der Waals surface area (Å²) in [6.45, 7) is 3.26. The molecule has 2 heterocycles. The van der Waals surface area contributed by atoms with Crippen LogP contribution < -0.4 is 5.32 Å². The molecule has 1 amide bonds. The maximum absolute atomic E-state index is 11.8. The van der Waals surface area contributed by atoms with Gasteiger partial charge in [0.25, 0.3) is 0 Å². The molecule has 1 aromatic heterocycles. The van der Waals surface area contributed by atoms with Crippen molar-refractivity contribution in [2.24, 2.45) is 0 Å². The number of pyridine rings is 1. The fourth-order valence-corrected chi connectivity index (χ4v) is 1.97. The summed E-state index contributed by atoms with van der Waals surface area (Å²) in [6, 6.07) is 3.56. The molecule has 6 heteroatoms. The first kappa shape index (κ1) is 13.1. The molecule has 1 fully saturated rings. The Morgan fingerprint density at radius 1 is 1.50 bits per heavy atom.